The summed E-state index contributed by atoms with van der Waals surface area (Å²) in [4.78, 5) is 15.3. The number of rotatable bonds is 5. The number of carbonyl (C=O) groups is 1. The van der Waals surface area contributed by atoms with Crippen molar-refractivity contribution in [3.8, 4) is 5.75 Å². The Hall–Kier alpha value is -1.79. The molecule has 2 aromatic rings. The predicted octanol–water partition coefficient (Wildman–Crippen LogP) is 3.44. The maximum absolute atomic E-state index is 11.2. The third-order valence-electron chi connectivity index (χ3n) is 2.72. The fourth-order valence-electron chi connectivity index (χ4n) is 1.81. The van der Waals surface area contributed by atoms with Crippen molar-refractivity contribution in [2.75, 3.05) is 0 Å². The second-order valence-electron chi connectivity index (χ2n) is 4.57. The molecule has 0 bridgehead atoms. The van der Waals surface area contributed by atoms with E-state index in [-0.39, 0.29) is 34.0 Å². The van der Waals surface area contributed by atoms with Crippen LogP contribution in [-0.2, 0) is 6.61 Å². The lowest BCUT2D eigenvalue weighted by molar-refractivity contribution is 0.0691. The fourth-order valence-corrected chi connectivity index (χ4v) is 2.36. The molecule has 0 radical (unpaired) electrons. The molecule has 0 saturated carbocycles. The highest BCUT2D eigenvalue weighted by Gasteiger charge is 2.18. The first-order valence-electron chi connectivity index (χ1n) is 6.13. The highest BCUT2D eigenvalue weighted by Crippen LogP contribution is 2.33. The van der Waals surface area contributed by atoms with E-state index >= 15 is 0 Å². The van der Waals surface area contributed by atoms with E-state index in [1.165, 1.54) is 18.5 Å². The van der Waals surface area contributed by atoms with Gasteiger partial charge >= 0.3 is 5.97 Å². The number of nitrogens with zero attached hydrogens (tertiary/aromatic N) is 3. The van der Waals surface area contributed by atoms with Crippen LogP contribution in [0.3, 0.4) is 0 Å². The highest BCUT2D eigenvalue weighted by molar-refractivity contribution is 6.36. The third kappa shape index (κ3) is 3.46. The Kier molecular flexibility index (Phi) is 4.69. The molecule has 112 valence electrons. The standard InChI is InChI=1S/C13H13Cl2N3O3/c1-7(2)18-11(16-6-17-18)5-21-12-9(13(19)20)3-8(14)4-10(12)15/h3-4,6-7H,5H2,1-2H3,(H,19,20). The Labute approximate surface area is 131 Å². The van der Waals surface area contributed by atoms with E-state index in [9.17, 15) is 9.90 Å². The SMILES string of the molecule is CC(C)n1ncnc1COc1c(Cl)cc(Cl)cc1C(=O)O. The Morgan fingerprint density at radius 1 is 1.43 bits per heavy atom. The number of halogens is 2. The van der Waals surface area contributed by atoms with Gasteiger partial charge in [-0.3, -0.25) is 0 Å². The lowest BCUT2D eigenvalue weighted by Crippen LogP contribution is -2.12. The van der Waals surface area contributed by atoms with Crippen molar-refractivity contribution in [2.24, 2.45) is 0 Å². The molecule has 0 atom stereocenters. The van der Waals surface area contributed by atoms with E-state index in [0.29, 0.717) is 5.82 Å². The maximum atomic E-state index is 11.2. The predicted molar refractivity (Wildman–Crippen MR) is 78.2 cm³/mol. The summed E-state index contributed by atoms with van der Waals surface area (Å²) in [6, 6.07) is 2.84. The number of hydrogen-bond acceptors (Lipinski definition) is 4. The van der Waals surface area contributed by atoms with Crippen molar-refractivity contribution >= 4 is 29.2 Å². The van der Waals surface area contributed by atoms with Crippen LogP contribution in [0, 0.1) is 0 Å². The molecule has 0 aliphatic carbocycles. The lowest BCUT2D eigenvalue weighted by atomic mass is 10.2. The Bertz CT molecular complexity index is 671. The number of carboxylic acid groups (broad SMARTS) is 1. The van der Waals surface area contributed by atoms with Crippen molar-refractivity contribution in [1.82, 2.24) is 14.8 Å². The number of benzene rings is 1. The Morgan fingerprint density at radius 3 is 2.76 bits per heavy atom. The van der Waals surface area contributed by atoms with Crippen LogP contribution < -0.4 is 4.74 Å². The second kappa shape index (κ2) is 6.32. The largest absolute Gasteiger partial charge is 0.483 e. The van der Waals surface area contributed by atoms with Gasteiger partial charge in [-0.25, -0.2) is 14.5 Å². The van der Waals surface area contributed by atoms with Crippen LogP contribution in [0.5, 0.6) is 5.75 Å². The molecule has 1 N–H and O–H groups in total. The molecule has 6 nitrogen and oxygen atoms in total. The molecular weight excluding hydrogens is 317 g/mol. The van der Waals surface area contributed by atoms with E-state index in [1.54, 1.807) is 4.68 Å². The average Bonchev–Trinajstić information content (AvgIpc) is 2.85. The average molecular weight is 330 g/mol. The van der Waals surface area contributed by atoms with Gasteiger partial charge in [-0.15, -0.1) is 0 Å². The van der Waals surface area contributed by atoms with Crippen LogP contribution in [0.4, 0.5) is 0 Å². The topological polar surface area (TPSA) is 77.2 Å². The summed E-state index contributed by atoms with van der Waals surface area (Å²) >= 11 is 11.8. The minimum atomic E-state index is -1.17. The van der Waals surface area contributed by atoms with Crippen molar-refractivity contribution in [3.05, 3.63) is 39.9 Å². The van der Waals surface area contributed by atoms with Crippen LogP contribution in [-0.4, -0.2) is 25.8 Å². The molecule has 0 fully saturated rings. The zero-order valence-electron chi connectivity index (χ0n) is 11.4. The molecule has 0 aliphatic rings. The zero-order chi connectivity index (χ0) is 15.6. The van der Waals surface area contributed by atoms with E-state index in [0.717, 1.165) is 0 Å². The number of aromatic carboxylic acids is 1. The smallest absolute Gasteiger partial charge is 0.339 e. The Balaban J connectivity index is 2.28. The van der Waals surface area contributed by atoms with Gasteiger partial charge in [0.2, 0.25) is 0 Å². The molecule has 21 heavy (non-hydrogen) atoms. The Morgan fingerprint density at radius 2 is 2.14 bits per heavy atom. The summed E-state index contributed by atoms with van der Waals surface area (Å²) in [5.74, 6) is -0.529. The number of ether oxygens (including phenoxy) is 1. The van der Waals surface area contributed by atoms with Crippen LogP contribution >= 0.6 is 23.2 Å². The fraction of sp³-hybridized carbons (Fsp3) is 0.308. The maximum Gasteiger partial charge on any atom is 0.339 e. The van der Waals surface area contributed by atoms with Crippen LogP contribution in [0.25, 0.3) is 0 Å². The summed E-state index contributed by atoms with van der Waals surface area (Å²) in [5.41, 5.74) is -0.0943. The molecule has 8 heteroatoms. The summed E-state index contributed by atoms with van der Waals surface area (Å²) in [6.07, 6.45) is 1.42. The molecule has 0 saturated heterocycles. The van der Waals surface area contributed by atoms with Crippen LogP contribution in [0.15, 0.2) is 18.5 Å². The quantitative estimate of drug-likeness (QED) is 0.909. The van der Waals surface area contributed by atoms with Crippen molar-refractivity contribution in [1.29, 1.82) is 0 Å². The van der Waals surface area contributed by atoms with E-state index in [2.05, 4.69) is 10.1 Å². The minimum Gasteiger partial charge on any atom is -0.483 e. The van der Waals surface area contributed by atoms with Crippen molar-refractivity contribution in [2.45, 2.75) is 26.5 Å². The molecule has 1 aromatic heterocycles. The summed E-state index contributed by atoms with van der Waals surface area (Å²) in [5, 5.41) is 13.6. The normalized spacial score (nSPS) is 10.9. The van der Waals surface area contributed by atoms with Gasteiger partial charge in [0.25, 0.3) is 0 Å². The molecule has 0 amide bonds. The van der Waals surface area contributed by atoms with Crippen molar-refractivity contribution in [3.63, 3.8) is 0 Å². The van der Waals surface area contributed by atoms with E-state index in [1.807, 2.05) is 13.8 Å². The third-order valence-corrected chi connectivity index (χ3v) is 3.22. The van der Waals surface area contributed by atoms with Gasteiger partial charge in [-0.05, 0) is 26.0 Å². The minimum absolute atomic E-state index is 0.0554. The molecule has 1 aromatic carbocycles. The van der Waals surface area contributed by atoms with Gasteiger partial charge < -0.3 is 9.84 Å². The number of carboxylic acids is 1. The van der Waals surface area contributed by atoms with Gasteiger partial charge in [0.15, 0.2) is 11.6 Å². The van der Waals surface area contributed by atoms with Gasteiger partial charge in [0, 0.05) is 11.1 Å². The monoisotopic (exact) mass is 329 g/mol. The second-order valence-corrected chi connectivity index (χ2v) is 5.42. The first-order valence-corrected chi connectivity index (χ1v) is 6.89. The van der Waals surface area contributed by atoms with Crippen LogP contribution in [0.1, 0.15) is 36.1 Å². The highest BCUT2D eigenvalue weighted by atomic mass is 35.5. The first-order chi connectivity index (χ1) is 9.90. The van der Waals surface area contributed by atoms with Gasteiger partial charge in [0.1, 0.15) is 18.5 Å². The van der Waals surface area contributed by atoms with Gasteiger partial charge in [-0.1, -0.05) is 23.2 Å². The summed E-state index contributed by atoms with van der Waals surface area (Å²) < 4.78 is 7.21. The summed E-state index contributed by atoms with van der Waals surface area (Å²) in [7, 11) is 0. The van der Waals surface area contributed by atoms with Crippen molar-refractivity contribution < 1.29 is 14.6 Å². The van der Waals surface area contributed by atoms with Gasteiger partial charge in [0.05, 0.1) is 5.02 Å². The lowest BCUT2D eigenvalue weighted by Gasteiger charge is -2.13. The van der Waals surface area contributed by atoms with Crippen LogP contribution in [0.2, 0.25) is 10.0 Å². The first kappa shape index (κ1) is 15.6. The molecule has 1 heterocycles. The zero-order valence-corrected chi connectivity index (χ0v) is 12.9. The van der Waals surface area contributed by atoms with E-state index < -0.39 is 5.97 Å². The number of hydrogen-bond donors (Lipinski definition) is 1. The molecule has 2 rings (SSSR count). The summed E-state index contributed by atoms with van der Waals surface area (Å²) in [6.45, 7) is 3.96. The molecule has 0 spiro atoms. The molecular formula is C13H13Cl2N3O3. The molecule has 0 unspecified atom stereocenters. The van der Waals surface area contributed by atoms with Gasteiger partial charge in [-0.2, -0.15) is 5.10 Å². The molecule has 0 aliphatic heterocycles. The number of aromatic nitrogens is 3. The van der Waals surface area contributed by atoms with E-state index in [4.69, 9.17) is 27.9 Å².